The molecule has 1 amide bonds. The maximum Gasteiger partial charge on any atom is 0.359 e. The number of ether oxygens (including phenoxy) is 1. The number of hydrazone groups is 1. The van der Waals surface area contributed by atoms with Gasteiger partial charge >= 0.3 is 5.97 Å². The van der Waals surface area contributed by atoms with Gasteiger partial charge in [-0.05, 0) is 55.5 Å². The Morgan fingerprint density at radius 3 is 2.30 bits per heavy atom. The number of hydrogen-bond donors (Lipinski definition) is 1. The number of amides is 1. The Labute approximate surface area is 154 Å². The number of carbonyl (C=O) groups is 3. The van der Waals surface area contributed by atoms with E-state index in [9.17, 15) is 18.8 Å². The molecule has 1 aliphatic rings. The first-order valence-corrected chi connectivity index (χ1v) is 8.10. The van der Waals surface area contributed by atoms with Crippen LogP contribution in [0.25, 0.3) is 0 Å². The zero-order chi connectivity index (χ0) is 19.6. The maximum atomic E-state index is 13.1. The molecule has 8 heteroatoms. The summed E-state index contributed by atoms with van der Waals surface area (Å²) in [4.78, 5) is 35.4. The van der Waals surface area contributed by atoms with Crippen LogP contribution in [0.2, 0.25) is 0 Å². The molecule has 0 aliphatic carbocycles. The number of esters is 1. The zero-order valence-corrected chi connectivity index (χ0v) is 14.4. The van der Waals surface area contributed by atoms with Crippen molar-refractivity contribution in [3.05, 3.63) is 59.9 Å². The molecule has 27 heavy (non-hydrogen) atoms. The van der Waals surface area contributed by atoms with Gasteiger partial charge in [-0.15, -0.1) is 0 Å². The Kier molecular flexibility index (Phi) is 4.98. The van der Waals surface area contributed by atoms with Crippen molar-refractivity contribution >= 4 is 29.1 Å². The molecule has 0 unspecified atom stereocenters. The Hall–Kier alpha value is -3.55. The SMILES string of the molecule is CC(=O)c1ccc(OC(=O)C2=NN(c3ccc(F)cc3)[C@H](C(N)=O)C2)cc1. The molecule has 0 saturated heterocycles. The number of primary amides is 1. The van der Waals surface area contributed by atoms with Crippen LogP contribution in [0.5, 0.6) is 5.75 Å². The lowest BCUT2D eigenvalue weighted by Gasteiger charge is -2.20. The molecule has 3 rings (SSSR count). The van der Waals surface area contributed by atoms with Gasteiger partial charge in [0.05, 0.1) is 5.69 Å². The molecule has 0 bridgehead atoms. The standard InChI is InChI=1S/C19H16FN3O4/c1-11(24)12-2-8-15(9-3-12)27-19(26)16-10-17(18(21)25)23(22-16)14-6-4-13(20)5-7-14/h2-9,17H,10H2,1H3,(H2,21,25)/t17-/m0/s1. The molecule has 2 aromatic rings. The quantitative estimate of drug-likeness (QED) is 0.494. The van der Waals surface area contributed by atoms with Crippen LogP contribution in [0.15, 0.2) is 53.6 Å². The summed E-state index contributed by atoms with van der Waals surface area (Å²) >= 11 is 0. The molecule has 0 saturated carbocycles. The Morgan fingerprint density at radius 2 is 1.74 bits per heavy atom. The third-order valence-corrected chi connectivity index (χ3v) is 4.04. The highest BCUT2D eigenvalue weighted by Gasteiger charge is 2.35. The van der Waals surface area contributed by atoms with E-state index in [2.05, 4.69) is 5.10 Å². The molecular formula is C19H16FN3O4. The summed E-state index contributed by atoms with van der Waals surface area (Å²) < 4.78 is 18.4. The lowest BCUT2D eigenvalue weighted by Crippen LogP contribution is -2.39. The van der Waals surface area contributed by atoms with Gasteiger partial charge in [0, 0.05) is 12.0 Å². The van der Waals surface area contributed by atoms with Crippen molar-refractivity contribution in [2.75, 3.05) is 5.01 Å². The first-order chi connectivity index (χ1) is 12.8. The van der Waals surface area contributed by atoms with Crippen molar-refractivity contribution in [3.8, 4) is 5.75 Å². The van der Waals surface area contributed by atoms with E-state index in [4.69, 9.17) is 10.5 Å². The predicted octanol–water partition coefficient (Wildman–Crippen LogP) is 2.05. The van der Waals surface area contributed by atoms with E-state index in [1.165, 1.54) is 48.3 Å². The fourth-order valence-corrected chi connectivity index (χ4v) is 2.61. The van der Waals surface area contributed by atoms with Gasteiger partial charge in [0.25, 0.3) is 0 Å². The fourth-order valence-electron chi connectivity index (χ4n) is 2.61. The highest BCUT2D eigenvalue weighted by Crippen LogP contribution is 2.25. The number of nitrogens with two attached hydrogens (primary N) is 1. The number of halogens is 1. The highest BCUT2D eigenvalue weighted by atomic mass is 19.1. The van der Waals surface area contributed by atoms with E-state index >= 15 is 0 Å². The van der Waals surface area contributed by atoms with Crippen molar-refractivity contribution in [2.45, 2.75) is 19.4 Å². The van der Waals surface area contributed by atoms with E-state index in [0.717, 1.165) is 0 Å². The molecular weight excluding hydrogens is 353 g/mol. The lowest BCUT2D eigenvalue weighted by atomic mass is 10.1. The number of carbonyl (C=O) groups excluding carboxylic acids is 3. The summed E-state index contributed by atoms with van der Waals surface area (Å²) in [5, 5.41) is 5.41. The molecule has 138 valence electrons. The largest absolute Gasteiger partial charge is 0.422 e. The number of ketones is 1. The average molecular weight is 369 g/mol. The van der Waals surface area contributed by atoms with E-state index in [1.807, 2.05) is 0 Å². The second-order valence-corrected chi connectivity index (χ2v) is 5.96. The molecule has 0 spiro atoms. The van der Waals surface area contributed by atoms with E-state index < -0.39 is 23.7 Å². The zero-order valence-electron chi connectivity index (χ0n) is 14.4. The minimum Gasteiger partial charge on any atom is -0.422 e. The molecule has 1 aliphatic heterocycles. The fraction of sp³-hybridized carbons (Fsp3) is 0.158. The Morgan fingerprint density at radius 1 is 1.11 bits per heavy atom. The van der Waals surface area contributed by atoms with Gasteiger partial charge in [-0.3, -0.25) is 14.6 Å². The van der Waals surface area contributed by atoms with E-state index in [1.54, 1.807) is 12.1 Å². The second-order valence-electron chi connectivity index (χ2n) is 5.96. The molecule has 1 atom stereocenters. The third kappa shape index (κ3) is 4.00. The van der Waals surface area contributed by atoms with Crippen LogP contribution in [0.3, 0.4) is 0 Å². The van der Waals surface area contributed by atoms with Gasteiger partial charge in [-0.25, -0.2) is 9.18 Å². The smallest absolute Gasteiger partial charge is 0.359 e. The molecule has 0 aromatic heterocycles. The normalized spacial score (nSPS) is 16.0. The van der Waals surface area contributed by atoms with Crippen LogP contribution in [0.4, 0.5) is 10.1 Å². The van der Waals surface area contributed by atoms with Crippen LogP contribution in [-0.2, 0) is 9.59 Å². The van der Waals surface area contributed by atoms with Gasteiger partial charge < -0.3 is 10.5 Å². The number of Topliss-reactive ketones (excluding diaryl/α,β-unsaturated/α-hetero) is 1. The van der Waals surface area contributed by atoms with Gasteiger partial charge in [-0.2, -0.15) is 5.10 Å². The van der Waals surface area contributed by atoms with Crippen LogP contribution in [-0.4, -0.2) is 29.4 Å². The van der Waals surface area contributed by atoms with Crippen LogP contribution >= 0.6 is 0 Å². The topological polar surface area (TPSA) is 102 Å². The van der Waals surface area contributed by atoms with Crippen molar-refractivity contribution < 1.29 is 23.5 Å². The van der Waals surface area contributed by atoms with Gasteiger partial charge in [0.1, 0.15) is 23.3 Å². The number of benzene rings is 2. The first-order valence-electron chi connectivity index (χ1n) is 8.10. The number of rotatable bonds is 5. The van der Waals surface area contributed by atoms with Gasteiger partial charge in [0.2, 0.25) is 5.91 Å². The minimum atomic E-state index is -0.877. The average Bonchev–Trinajstić information content (AvgIpc) is 3.08. The van der Waals surface area contributed by atoms with Crippen LogP contribution in [0, 0.1) is 5.82 Å². The molecule has 0 fully saturated rings. The summed E-state index contributed by atoms with van der Waals surface area (Å²) in [6, 6.07) is 10.5. The van der Waals surface area contributed by atoms with Crippen LogP contribution in [0.1, 0.15) is 23.7 Å². The third-order valence-electron chi connectivity index (χ3n) is 4.04. The number of anilines is 1. The summed E-state index contributed by atoms with van der Waals surface area (Å²) in [7, 11) is 0. The molecule has 2 N–H and O–H groups in total. The summed E-state index contributed by atoms with van der Waals surface area (Å²) in [6.45, 7) is 1.43. The molecule has 2 aromatic carbocycles. The monoisotopic (exact) mass is 369 g/mol. The molecule has 0 radical (unpaired) electrons. The predicted molar refractivity (Wildman–Crippen MR) is 96.0 cm³/mol. The Bertz CT molecular complexity index is 923. The van der Waals surface area contributed by atoms with Crippen molar-refractivity contribution in [2.24, 2.45) is 10.8 Å². The van der Waals surface area contributed by atoms with Gasteiger partial charge in [-0.1, -0.05) is 0 Å². The lowest BCUT2D eigenvalue weighted by molar-refractivity contribution is -0.127. The summed E-state index contributed by atoms with van der Waals surface area (Å²) in [5.74, 6) is -1.71. The van der Waals surface area contributed by atoms with E-state index in [0.29, 0.717) is 11.3 Å². The Balaban J connectivity index is 1.79. The number of nitrogens with zero attached hydrogens (tertiary/aromatic N) is 2. The molecule has 7 nitrogen and oxygen atoms in total. The van der Waals surface area contributed by atoms with Crippen molar-refractivity contribution in [3.63, 3.8) is 0 Å². The van der Waals surface area contributed by atoms with E-state index in [-0.39, 0.29) is 23.7 Å². The second kappa shape index (κ2) is 7.36. The van der Waals surface area contributed by atoms with Gasteiger partial charge in [0.15, 0.2) is 5.78 Å². The molecule has 1 heterocycles. The van der Waals surface area contributed by atoms with Crippen molar-refractivity contribution in [1.82, 2.24) is 0 Å². The highest BCUT2D eigenvalue weighted by molar-refractivity contribution is 6.38. The number of hydrogen-bond acceptors (Lipinski definition) is 6. The summed E-state index contributed by atoms with van der Waals surface area (Å²) in [5.41, 5.74) is 6.33. The maximum absolute atomic E-state index is 13.1. The van der Waals surface area contributed by atoms with Crippen LogP contribution < -0.4 is 15.5 Å². The van der Waals surface area contributed by atoms with Crippen molar-refractivity contribution in [1.29, 1.82) is 0 Å². The minimum absolute atomic E-state index is 0.0127. The first kappa shape index (κ1) is 18.2. The summed E-state index contributed by atoms with van der Waals surface area (Å²) in [6.07, 6.45) is -0.0307.